The Kier molecular flexibility index (Phi) is 5.41. The third kappa shape index (κ3) is 3.80. The molecule has 6 nitrogen and oxygen atoms in total. The number of furan rings is 1. The molecule has 3 N–H and O–H groups in total. The van der Waals surface area contributed by atoms with Crippen molar-refractivity contribution in [3.63, 3.8) is 0 Å². The van der Waals surface area contributed by atoms with Crippen LogP contribution in [-0.2, 0) is 15.2 Å². The van der Waals surface area contributed by atoms with Crippen LogP contribution in [-0.4, -0.2) is 23.5 Å². The van der Waals surface area contributed by atoms with Gasteiger partial charge in [0.15, 0.2) is 5.60 Å². The number of hydrogen-bond acceptors (Lipinski definition) is 5. The molecule has 0 radical (unpaired) electrons. The molecule has 2 aromatic heterocycles. The van der Waals surface area contributed by atoms with Gasteiger partial charge >= 0.3 is 11.8 Å². The maximum absolute atomic E-state index is 12.1. The van der Waals surface area contributed by atoms with E-state index in [0.717, 1.165) is 0 Å². The summed E-state index contributed by atoms with van der Waals surface area (Å²) in [7, 11) is 0. The van der Waals surface area contributed by atoms with Crippen molar-refractivity contribution in [1.82, 2.24) is 5.32 Å². The standard InChI is InChI=1S/C18H15ClN2O4S/c19-12-5-1-2-6-13(12)21-17(23)16(22)20-11-18(24,14-7-3-9-25-14)15-8-4-10-26-15/h1-10,24H,11H2,(H,20,22)(H,21,23). The molecule has 3 rings (SSSR count). The lowest BCUT2D eigenvalue weighted by molar-refractivity contribution is -0.136. The topological polar surface area (TPSA) is 91.6 Å². The van der Waals surface area contributed by atoms with Crippen LogP contribution in [0.2, 0.25) is 5.02 Å². The van der Waals surface area contributed by atoms with Gasteiger partial charge in [0.05, 0.1) is 23.5 Å². The Balaban J connectivity index is 1.70. The van der Waals surface area contributed by atoms with Crippen LogP contribution in [0.5, 0.6) is 0 Å². The quantitative estimate of drug-likeness (QED) is 0.584. The number of halogens is 1. The van der Waals surface area contributed by atoms with Crippen LogP contribution in [0, 0.1) is 0 Å². The molecule has 1 atom stereocenters. The number of hydrogen-bond donors (Lipinski definition) is 3. The number of carbonyl (C=O) groups is 2. The summed E-state index contributed by atoms with van der Waals surface area (Å²) in [6.45, 7) is -0.226. The lowest BCUT2D eigenvalue weighted by atomic mass is 9.98. The first-order valence-corrected chi connectivity index (χ1v) is 8.90. The van der Waals surface area contributed by atoms with Crippen molar-refractivity contribution in [3.8, 4) is 0 Å². The fraction of sp³-hybridized carbons (Fsp3) is 0.111. The van der Waals surface area contributed by atoms with E-state index >= 15 is 0 Å². The van der Waals surface area contributed by atoms with E-state index in [1.54, 1.807) is 53.9 Å². The number of rotatable bonds is 5. The van der Waals surface area contributed by atoms with E-state index in [1.165, 1.54) is 17.6 Å². The predicted octanol–water partition coefficient (Wildman–Crippen LogP) is 2.99. The average molecular weight is 391 g/mol. The molecule has 134 valence electrons. The zero-order chi connectivity index (χ0) is 18.6. The molecule has 1 aromatic carbocycles. The molecule has 0 saturated carbocycles. The van der Waals surface area contributed by atoms with Gasteiger partial charge in [0.1, 0.15) is 5.76 Å². The summed E-state index contributed by atoms with van der Waals surface area (Å²) in [6, 6.07) is 13.3. The van der Waals surface area contributed by atoms with Crippen molar-refractivity contribution in [3.05, 3.63) is 75.8 Å². The van der Waals surface area contributed by atoms with Gasteiger partial charge in [0.25, 0.3) is 0 Å². The first-order chi connectivity index (χ1) is 12.5. The van der Waals surface area contributed by atoms with Gasteiger partial charge < -0.3 is 20.2 Å². The molecule has 26 heavy (non-hydrogen) atoms. The first-order valence-electron chi connectivity index (χ1n) is 7.65. The molecule has 0 bridgehead atoms. The van der Waals surface area contributed by atoms with E-state index in [9.17, 15) is 14.7 Å². The van der Waals surface area contributed by atoms with Crippen molar-refractivity contribution in [2.45, 2.75) is 5.60 Å². The number of thiophene rings is 1. The number of benzene rings is 1. The minimum Gasteiger partial charge on any atom is -0.466 e. The largest absolute Gasteiger partial charge is 0.466 e. The van der Waals surface area contributed by atoms with E-state index in [2.05, 4.69) is 10.6 Å². The number of amides is 2. The van der Waals surface area contributed by atoms with Gasteiger partial charge in [-0.05, 0) is 35.7 Å². The van der Waals surface area contributed by atoms with Crippen LogP contribution < -0.4 is 10.6 Å². The predicted molar refractivity (Wildman–Crippen MR) is 99.1 cm³/mol. The molecule has 0 aliphatic rings. The SMILES string of the molecule is O=C(NCC(O)(c1ccco1)c1cccs1)C(=O)Nc1ccccc1Cl. The lowest BCUT2D eigenvalue weighted by Gasteiger charge is -2.25. The second-order valence-electron chi connectivity index (χ2n) is 5.43. The summed E-state index contributed by atoms with van der Waals surface area (Å²) in [5.74, 6) is -1.51. The molecule has 0 spiro atoms. The van der Waals surface area contributed by atoms with Crippen LogP contribution in [0.15, 0.2) is 64.6 Å². The Hall–Kier alpha value is -2.61. The van der Waals surface area contributed by atoms with Crippen molar-refractivity contribution in [1.29, 1.82) is 0 Å². The Bertz CT molecular complexity index is 860. The minimum atomic E-state index is -1.57. The van der Waals surface area contributed by atoms with Gasteiger partial charge in [0, 0.05) is 4.88 Å². The van der Waals surface area contributed by atoms with E-state index < -0.39 is 17.4 Å². The van der Waals surface area contributed by atoms with Crippen LogP contribution in [0.25, 0.3) is 0 Å². The van der Waals surface area contributed by atoms with Crippen LogP contribution in [0.4, 0.5) is 5.69 Å². The van der Waals surface area contributed by atoms with Crippen LogP contribution in [0.3, 0.4) is 0 Å². The zero-order valence-electron chi connectivity index (χ0n) is 13.4. The van der Waals surface area contributed by atoms with Gasteiger partial charge in [-0.15, -0.1) is 11.3 Å². The second kappa shape index (κ2) is 7.74. The van der Waals surface area contributed by atoms with E-state index in [4.69, 9.17) is 16.0 Å². The lowest BCUT2D eigenvalue weighted by Crippen LogP contribution is -2.44. The van der Waals surface area contributed by atoms with E-state index in [1.807, 2.05) is 0 Å². The molecular formula is C18H15ClN2O4S. The summed E-state index contributed by atoms with van der Waals surface area (Å²) in [5, 5.41) is 18.0. The van der Waals surface area contributed by atoms with E-state index in [-0.39, 0.29) is 12.3 Å². The van der Waals surface area contributed by atoms with Crippen LogP contribution >= 0.6 is 22.9 Å². The summed E-state index contributed by atoms with van der Waals surface area (Å²) in [5.41, 5.74) is -1.24. The van der Waals surface area contributed by atoms with Crippen molar-refractivity contribution < 1.29 is 19.1 Å². The molecule has 1 unspecified atom stereocenters. The number of carbonyl (C=O) groups excluding carboxylic acids is 2. The Morgan fingerprint density at radius 3 is 2.58 bits per heavy atom. The van der Waals surface area contributed by atoms with Gasteiger partial charge in [0.2, 0.25) is 0 Å². The first kappa shape index (κ1) is 18.2. The molecular weight excluding hydrogens is 376 g/mol. The van der Waals surface area contributed by atoms with E-state index in [0.29, 0.717) is 15.6 Å². The number of anilines is 1. The highest BCUT2D eigenvalue weighted by atomic mass is 35.5. The number of nitrogens with one attached hydrogen (secondary N) is 2. The monoisotopic (exact) mass is 390 g/mol. The van der Waals surface area contributed by atoms with Gasteiger partial charge in [-0.3, -0.25) is 9.59 Å². The van der Waals surface area contributed by atoms with Crippen molar-refractivity contribution in [2.75, 3.05) is 11.9 Å². The summed E-state index contributed by atoms with van der Waals surface area (Å²) in [6.07, 6.45) is 1.43. The molecule has 0 aliphatic carbocycles. The summed E-state index contributed by atoms with van der Waals surface area (Å²) in [4.78, 5) is 24.8. The number of aliphatic hydroxyl groups is 1. The highest BCUT2D eigenvalue weighted by Crippen LogP contribution is 2.32. The summed E-state index contributed by atoms with van der Waals surface area (Å²) < 4.78 is 5.31. The van der Waals surface area contributed by atoms with Gasteiger partial charge in [-0.2, -0.15) is 0 Å². The van der Waals surface area contributed by atoms with Gasteiger partial charge in [-0.1, -0.05) is 29.8 Å². The average Bonchev–Trinajstić information content (AvgIpc) is 3.35. The molecule has 3 aromatic rings. The van der Waals surface area contributed by atoms with Crippen molar-refractivity contribution in [2.24, 2.45) is 0 Å². The molecule has 8 heteroatoms. The number of para-hydroxylation sites is 1. The zero-order valence-corrected chi connectivity index (χ0v) is 15.0. The second-order valence-corrected chi connectivity index (χ2v) is 6.79. The van der Waals surface area contributed by atoms with Crippen LogP contribution in [0.1, 0.15) is 10.6 Å². The smallest absolute Gasteiger partial charge is 0.313 e. The Labute approximate surface area is 158 Å². The minimum absolute atomic E-state index is 0.226. The third-order valence-electron chi connectivity index (χ3n) is 3.69. The molecule has 2 heterocycles. The Morgan fingerprint density at radius 2 is 1.92 bits per heavy atom. The summed E-state index contributed by atoms with van der Waals surface area (Å²) >= 11 is 7.27. The highest BCUT2D eigenvalue weighted by Gasteiger charge is 2.36. The normalized spacial score (nSPS) is 13.0. The molecule has 0 fully saturated rings. The van der Waals surface area contributed by atoms with Crippen molar-refractivity contribution >= 4 is 40.4 Å². The molecule has 2 amide bonds. The third-order valence-corrected chi connectivity index (χ3v) is 5.04. The molecule has 0 aliphatic heterocycles. The maximum atomic E-state index is 12.1. The fourth-order valence-electron chi connectivity index (χ4n) is 2.35. The Morgan fingerprint density at radius 1 is 1.12 bits per heavy atom. The van der Waals surface area contributed by atoms with Gasteiger partial charge in [-0.25, -0.2) is 0 Å². The molecule has 0 saturated heterocycles. The highest BCUT2D eigenvalue weighted by molar-refractivity contribution is 7.10. The maximum Gasteiger partial charge on any atom is 0.313 e. The fourth-order valence-corrected chi connectivity index (χ4v) is 3.37.